The summed E-state index contributed by atoms with van der Waals surface area (Å²) in [6, 6.07) is 4.57. The van der Waals surface area contributed by atoms with E-state index in [0.29, 0.717) is 33.4 Å². The molecule has 0 radical (unpaired) electrons. The second-order valence-corrected chi connectivity index (χ2v) is 7.46. The summed E-state index contributed by atoms with van der Waals surface area (Å²) in [7, 11) is 0. The largest absolute Gasteiger partial charge is 0.323 e. The molecule has 11 heteroatoms. The highest BCUT2D eigenvalue weighted by Gasteiger charge is 2.16. The molecule has 0 aliphatic heterocycles. The van der Waals surface area contributed by atoms with Gasteiger partial charge in [-0.15, -0.1) is 4.80 Å². The van der Waals surface area contributed by atoms with Crippen molar-refractivity contribution < 1.29 is 4.79 Å². The molecule has 2 N–H and O–H groups in total. The average molecular weight is 443 g/mol. The van der Waals surface area contributed by atoms with Crippen LogP contribution in [0.2, 0.25) is 10.2 Å². The highest BCUT2D eigenvalue weighted by molar-refractivity contribution is 6.32. The first kappa shape index (κ1) is 20.0. The minimum absolute atomic E-state index is 0.0775. The molecule has 9 nitrogen and oxygen atoms in total. The van der Waals surface area contributed by atoms with Crippen molar-refractivity contribution in [3.63, 3.8) is 0 Å². The third kappa shape index (κ3) is 4.03. The van der Waals surface area contributed by atoms with Gasteiger partial charge in [0.1, 0.15) is 5.15 Å². The van der Waals surface area contributed by atoms with Gasteiger partial charge in [-0.2, -0.15) is 10.2 Å². The average Bonchev–Trinajstić information content (AvgIpc) is 3.21. The van der Waals surface area contributed by atoms with E-state index in [1.165, 1.54) is 23.4 Å². The maximum Gasteiger partial charge on any atom is 0.323 e. The summed E-state index contributed by atoms with van der Waals surface area (Å²) in [5, 5.41) is 14.2. The molecular formula is C19H16Cl2N8O. The minimum Gasteiger partial charge on any atom is -0.306 e. The van der Waals surface area contributed by atoms with E-state index in [-0.39, 0.29) is 10.9 Å². The summed E-state index contributed by atoms with van der Waals surface area (Å²) in [6.07, 6.45) is 6.10. The predicted octanol–water partition coefficient (Wildman–Crippen LogP) is 4.68. The van der Waals surface area contributed by atoms with Gasteiger partial charge in [0.15, 0.2) is 5.82 Å². The number of aromatic nitrogens is 6. The molecule has 30 heavy (non-hydrogen) atoms. The van der Waals surface area contributed by atoms with E-state index in [9.17, 15) is 4.79 Å². The number of hydrogen-bond acceptors (Lipinski definition) is 6. The second kappa shape index (κ2) is 8.21. The van der Waals surface area contributed by atoms with Gasteiger partial charge in [-0.3, -0.25) is 4.98 Å². The first-order valence-electron chi connectivity index (χ1n) is 8.98. The van der Waals surface area contributed by atoms with Crippen LogP contribution in [0.1, 0.15) is 25.3 Å². The first-order chi connectivity index (χ1) is 14.4. The molecule has 0 saturated carbocycles. The Balaban J connectivity index is 1.58. The lowest BCUT2D eigenvalue weighted by Gasteiger charge is -2.16. The zero-order valence-corrected chi connectivity index (χ0v) is 17.5. The van der Waals surface area contributed by atoms with Crippen LogP contribution in [0, 0.1) is 0 Å². The van der Waals surface area contributed by atoms with Crippen molar-refractivity contribution in [2.75, 3.05) is 10.6 Å². The molecule has 0 bridgehead atoms. The maximum absolute atomic E-state index is 12.6. The van der Waals surface area contributed by atoms with Gasteiger partial charge in [-0.25, -0.2) is 14.8 Å². The van der Waals surface area contributed by atoms with E-state index in [1.54, 1.807) is 24.4 Å². The van der Waals surface area contributed by atoms with Crippen LogP contribution in [0.3, 0.4) is 0 Å². The van der Waals surface area contributed by atoms with Crippen molar-refractivity contribution in [1.82, 2.24) is 29.9 Å². The highest BCUT2D eigenvalue weighted by atomic mass is 35.5. The number of amides is 2. The lowest BCUT2D eigenvalue weighted by atomic mass is 10.0. The summed E-state index contributed by atoms with van der Waals surface area (Å²) in [4.78, 5) is 26.8. The van der Waals surface area contributed by atoms with Crippen molar-refractivity contribution in [3.8, 4) is 5.82 Å². The maximum atomic E-state index is 12.6. The Bertz CT molecular complexity index is 1230. The van der Waals surface area contributed by atoms with Crippen LogP contribution in [0.5, 0.6) is 0 Å². The third-order valence-electron chi connectivity index (χ3n) is 4.23. The van der Waals surface area contributed by atoms with Crippen molar-refractivity contribution in [2.45, 2.75) is 19.8 Å². The molecule has 4 rings (SSSR count). The molecule has 0 aliphatic rings. The Morgan fingerprint density at radius 1 is 1.07 bits per heavy atom. The van der Waals surface area contributed by atoms with E-state index in [0.717, 1.165) is 5.56 Å². The molecule has 0 spiro atoms. The standard InChI is InChI=1S/C19H16Cl2N8O/c1-10(2)16-14(9-22-13-3-4-15(21)28-17(13)16)27-19(30)26-11-7-12(20)18(23-8-11)29-24-5-6-25-29/h3-10H,1-2H3,(H2,26,27,30). The van der Waals surface area contributed by atoms with E-state index in [2.05, 4.69) is 35.8 Å². The summed E-state index contributed by atoms with van der Waals surface area (Å²) in [5.74, 6) is 0.435. The number of carbonyl (C=O) groups excluding carboxylic acids is 1. The number of pyridine rings is 3. The highest BCUT2D eigenvalue weighted by Crippen LogP contribution is 2.31. The number of rotatable bonds is 4. The van der Waals surface area contributed by atoms with Gasteiger partial charge in [0.05, 0.1) is 52.2 Å². The summed E-state index contributed by atoms with van der Waals surface area (Å²) < 4.78 is 0. The molecule has 4 aromatic rings. The third-order valence-corrected chi connectivity index (χ3v) is 4.72. The topological polar surface area (TPSA) is 111 Å². The number of nitrogens with one attached hydrogen (secondary N) is 2. The fraction of sp³-hybridized carbons (Fsp3) is 0.158. The Labute approximate surface area is 181 Å². The van der Waals surface area contributed by atoms with Gasteiger partial charge >= 0.3 is 6.03 Å². The van der Waals surface area contributed by atoms with E-state index >= 15 is 0 Å². The first-order valence-corrected chi connectivity index (χ1v) is 9.73. The monoisotopic (exact) mass is 442 g/mol. The minimum atomic E-state index is -0.470. The Morgan fingerprint density at radius 3 is 2.53 bits per heavy atom. The van der Waals surface area contributed by atoms with Crippen LogP contribution in [0.15, 0.2) is 43.0 Å². The van der Waals surface area contributed by atoms with Crippen molar-refractivity contribution in [1.29, 1.82) is 0 Å². The van der Waals surface area contributed by atoms with Crippen molar-refractivity contribution in [2.24, 2.45) is 0 Å². The number of anilines is 2. The molecule has 0 fully saturated rings. The molecule has 0 saturated heterocycles. The van der Waals surface area contributed by atoms with Gasteiger partial charge in [0.2, 0.25) is 0 Å². The van der Waals surface area contributed by atoms with Crippen LogP contribution in [0.25, 0.3) is 16.9 Å². The molecule has 0 aliphatic carbocycles. The molecule has 4 heterocycles. The SMILES string of the molecule is CC(C)c1c(NC(=O)Nc2cnc(-n3nccn3)c(Cl)c2)cnc2ccc(Cl)nc12. The van der Waals surface area contributed by atoms with E-state index in [4.69, 9.17) is 23.2 Å². The quantitative estimate of drug-likeness (QED) is 0.443. The molecule has 0 aromatic carbocycles. The van der Waals surface area contributed by atoms with Crippen molar-refractivity contribution in [3.05, 3.63) is 58.7 Å². The van der Waals surface area contributed by atoms with Crippen LogP contribution < -0.4 is 10.6 Å². The summed E-state index contributed by atoms with van der Waals surface area (Å²) >= 11 is 12.3. The number of carbonyl (C=O) groups is 1. The number of nitrogens with zero attached hydrogens (tertiary/aromatic N) is 6. The Morgan fingerprint density at radius 2 is 1.83 bits per heavy atom. The van der Waals surface area contributed by atoms with E-state index in [1.807, 2.05) is 13.8 Å². The molecule has 0 atom stereocenters. The van der Waals surface area contributed by atoms with Gasteiger partial charge in [0.25, 0.3) is 0 Å². The summed E-state index contributed by atoms with van der Waals surface area (Å²) in [5.41, 5.74) is 3.15. The molecule has 152 valence electrons. The predicted molar refractivity (Wildman–Crippen MR) is 115 cm³/mol. The molecule has 2 amide bonds. The fourth-order valence-electron chi connectivity index (χ4n) is 3.00. The lowest BCUT2D eigenvalue weighted by Crippen LogP contribution is -2.21. The second-order valence-electron chi connectivity index (χ2n) is 6.67. The van der Waals surface area contributed by atoms with E-state index < -0.39 is 6.03 Å². The van der Waals surface area contributed by atoms with Crippen molar-refractivity contribution >= 4 is 51.6 Å². The Kier molecular flexibility index (Phi) is 5.47. The lowest BCUT2D eigenvalue weighted by molar-refractivity contribution is 0.262. The zero-order valence-electron chi connectivity index (χ0n) is 16.0. The smallest absolute Gasteiger partial charge is 0.306 e. The van der Waals surface area contributed by atoms with Gasteiger partial charge in [-0.05, 0) is 24.1 Å². The van der Waals surface area contributed by atoms with Crippen LogP contribution in [-0.2, 0) is 0 Å². The molecular weight excluding hydrogens is 427 g/mol. The zero-order chi connectivity index (χ0) is 21.3. The van der Waals surface area contributed by atoms with Gasteiger partial charge in [-0.1, -0.05) is 37.0 Å². The van der Waals surface area contributed by atoms with Crippen LogP contribution in [0.4, 0.5) is 16.2 Å². The Hall–Kier alpha value is -3.30. The van der Waals surface area contributed by atoms with Crippen LogP contribution in [-0.4, -0.2) is 36.0 Å². The molecule has 4 aromatic heterocycles. The van der Waals surface area contributed by atoms with Crippen LogP contribution >= 0.6 is 23.2 Å². The normalized spacial score (nSPS) is 11.1. The fourth-order valence-corrected chi connectivity index (χ4v) is 3.39. The number of urea groups is 1. The summed E-state index contributed by atoms with van der Waals surface area (Å²) in [6.45, 7) is 4.01. The number of hydrogen-bond donors (Lipinski definition) is 2. The number of fused-ring (bicyclic) bond motifs is 1. The molecule has 0 unspecified atom stereocenters. The van der Waals surface area contributed by atoms with Gasteiger partial charge < -0.3 is 10.6 Å². The van der Waals surface area contributed by atoms with Gasteiger partial charge in [0, 0.05) is 5.56 Å². The number of halogens is 2.